The van der Waals surface area contributed by atoms with Gasteiger partial charge in [-0.1, -0.05) is 81.8 Å². The number of rotatable bonds is 4. The number of aromatic nitrogens is 1. The summed E-state index contributed by atoms with van der Waals surface area (Å²) in [6.45, 7) is 12.6. The highest BCUT2D eigenvalue weighted by molar-refractivity contribution is 6.20. The van der Waals surface area contributed by atoms with E-state index in [0.717, 1.165) is 75.5 Å². The van der Waals surface area contributed by atoms with E-state index >= 15 is 0 Å². The van der Waals surface area contributed by atoms with Gasteiger partial charge in [0.15, 0.2) is 0 Å². The first kappa shape index (κ1) is 24.0. The van der Waals surface area contributed by atoms with Crippen LogP contribution in [0, 0.1) is 5.92 Å². The molecule has 2 atom stereocenters. The third-order valence-corrected chi connectivity index (χ3v) is 8.89. The van der Waals surface area contributed by atoms with Gasteiger partial charge in [0.25, 0.3) is 0 Å². The topological polar surface area (TPSA) is 50.8 Å². The highest BCUT2D eigenvalue weighted by atomic mass is 16.3. The summed E-state index contributed by atoms with van der Waals surface area (Å²) in [4.78, 5) is 15.1. The molecule has 0 spiro atoms. The number of furan rings is 1. The Balaban J connectivity index is 1.36. The van der Waals surface area contributed by atoms with Crippen molar-refractivity contribution in [3.8, 4) is 0 Å². The van der Waals surface area contributed by atoms with Gasteiger partial charge in [0.05, 0.1) is 23.2 Å². The molecule has 194 valence electrons. The largest absolute Gasteiger partial charge is 0.437 e. The minimum Gasteiger partial charge on any atom is -0.437 e. The van der Waals surface area contributed by atoms with Gasteiger partial charge in [-0.05, 0) is 60.6 Å². The Morgan fingerprint density at radius 1 is 0.897 bits per heavy atom. The molecule has 4 aromatic rings. The van der Waals surface area contributed by atoms with E-state index in [1.165, 1.54) is 36.8 Å². The molecule has 2 aromatic heterocycles. The molecule has 0 amide bonds. The number of pyridine rings is 1. The first-order valence-corrected chi connectivity index (χ1v) is 14.2. The quantitative estimate of drug-likeness (QED) is 0.277. The Bertz CT molecular complexity index is 1710. The molecule has 39 heavy (non-hydrogen) atoms. The van der Waals surface area contributed by atoms with Crippen LogP contribution in [0.5, 0.6) is 0 Å². The fraction of sp³-hybridized carbons (Fsp3) is 0.286. The molecule has 0 saturated heterocycles. The number of fused-ring (bicyclic) bond motifs is 8. The van der Waals surface area contributed by atoms with Gasteiger partial charge in [0.1, 0.15) is 5.58 Å². The number of aliphatic imine (C=N–C) groups is 2. The number of allylic oxidation sites excluding steroid dienone is 2. The van der Waals surface area contributed by atoms with Crippen molar-refractivity contribution in [2.24, 2.45) is 15.9 Å². The van der Waals surface area contributed by atoms with E-state index in [4.69, 9.17) is 19.4 Å². The first-order valence-electron chi connectivity index (χ1n) is 14.2. The van der Waals surface area contributed by atoms with Crippen molar-refractivity contribution in [2.45, 2.75) is 56.9 Å². The van der Waals surface area contributed by atoms with Gasteiger partial charge in [0.2, 0.25) is 5.71 Å². The van der Waals surface area contributed by atoms with E-state index in [-0.39, 0.29) is 12.0 Å². The smallest absolute Gasteiger partial charge is 0.227 e. The predicted octanol–water partition coefficient (Wildman–Crippen LogP) is 8.29. The second kappa shape index (κ2) is 9.60. The van der Waals surface area contributed by atoms with Crippen LogP contribution in [0.25, 0.3) is 22.1 Å². The highest BCUT2D eigenvalue weighted by Crippen LogP contribution is 2.41. The summed E-state index contributed by atoms with van der Waals surface area (Å²) in [7, 11) is 0. The predicted molar refractivity (Wildman–Crippen MR) is 161 cm³/mol. The van der Waals surface area contributed by atoms with Crippen molar-refractivity contribution in [3.63, 3.8) is 0 Å². The number of aryl methyl sites for hydroxylation is 1. The average molecular weight is 512 g/mol. The standard InChI is InChI=1S/C35H33N3O/c1-4-30-26-13-9-8-12-25(26)27-17-14-23-15-18-28-29-19-16-24(20-22-10-6-7-11-22)37-35(29)39-34(28)32(23)31(5-2)36-21(3)33(27)38-30/h4-5,8-9,12-13,15-16,18-19,22,27,33H,1-3,6-7,10-11,14,17,20H2. The van der Waals surface area contributed by atoms with Crippen LogP contribution in [-0.2, 0) is 12.8 Å². The van der Waals surface area contributed by atoms with Crippen LogP contribution >= 0.6 is 0 Å². The second-order valence-electron chi connectivity index (χ2n) is 11.2. The minimum absolute atomic E-state index is 0.150. The number of hydrogen-bond donors (Lipinski definition) is 0. The first-order chi connectivity index (χ1) is 19.1. The molecule has 4 nitrogen and oxygen atoms in total. The lowest BCUT2D eigenvalue weighted by Gasteiger charge is -2.31. The van der Waals surface area contributed by atoms with Gasteiger partial charge in [-0.15, -0.1) is 0 Å². The summed E-state index contributed by atoms with van der Waals surface area (Å²) in [5.41, 5.74) is 9.73. The molecule has 3 aliphatic rings. The Labute approximate surface area is 229 Å². The van der Waals surface area contributed by atoms with Crippen LogP contribution in [0.4, 0.5) is 0 Å². The van der Waals surface area contributed by atoms with Crippen molar-refractivity contribution >= 4 is 33.5 Å². The third kappa shape index (κ3) is 4.01. The van der Waals surface area contributed by atoms with E-state index in [9.17, 15) is 0 Å². The molecule has 0 radical (unpaired) electrons. The van der Waals surface area contributed by atoms with E-state index in [1.54, 1.807) is 0 Å². The van der Waals surface area contributed by atoms with Crippen LogP contribution in [0.2, 0.25) is 0 Å². The lowest BCUT2D eigenvalue weighted by molar-refractivity contribution is 0.537. The SMILES string of the molecule is C=CC1=NC2C(=C)N=C(C=C)c3c(ccc4c3oc3nc(CC5CCCC5)ccc34)CCC2c2ccccc21. The average Bonchev–Trinajstić information content (AvgIpc) is 3.61. The van der Waals surface area contributed by atoms with Gasteiger partial charge in [0, 0.05) is 33.5 Å². The van der Waals surface area contributed by atoms with Crippen molar-refractivity contribution in [1.29, 1.82) is 0 Å². The molecule has 4 heteroatoms. The van der Waals surface area contributed by atoms with Gasteiger partial charge in [-0.3, -0.25) is 9.98 Å². The highest BCUT2D eigenvalue weighted by Gasteiger charge is 2.33. The molecule has 0 bridgehead atoms. The summed E-state index contributed by atoms with van der Waals surface area (Å²) in [5.74, 6) is 0.927. The molecule has 2 aliphatic heterocycles. The molecule has 4 heterocycles. The van der Waals surface area contributed by atoms with Crippen molar-refractivity contribution < 1.29 is 4.42 Å². The molecule has 1 aliphatic carbocycles. The van der Waals surface area contributed by atoms with Gasteiger partial charge < -0.3 is 4.42 Å². The normalized spacial score (nSPS) is 21.3. The second-order valence-corrected chi connectivity index (χ2v) is 11.2. The summed E-state index contributed by atoms with van der Waals surface area (Å²) in [5, 5.41) is 2.12. The zero-order chi connectivity index (χ0) is 26.5. The monoisotopic (exact) mass is 511 g/mol. The Kier molecular flexibility index (Phi) is 5.92. The fourth-order valence-corrected chi connectivity index (χ4v) is 6.96. The van der Waals surface area contributed by atoms with Crippen molar-refractivity contribution in [3.05, 3.63) is 114 Å². The minimum atomic E-state index is -0.150. The van der Waals surface area contributed by atoms with E-state index < -0.39 is 0 Å². The summed E-state index contributed by atoms with van der Waals surface area (Å²) < 4.78 is 6.56. The number of nitrogens with zero attached hydrogens (tertiary/aromatic N) is 3. The van der Waals surface area contributed by atoms with E-state index in [2.05, 4.69) is 68.3 Å². The molecular weight excluding hydrogens is 478 g/mol. The van der Waals surface area contributed by atoms with Crippen molar-refractivity contribution in [1.82, 2.24) is 4.98 Å². The maximum atomic E-state index is 6.56. The van der Waals surface area contributed by atoms with Gasteiger partial charge >= 0.3 is 0 Å². The maximum Gasteiger partial charge on any atom is 0.227 e. The molecule has 1 saturated carbocycles. The molecule has 0 N–H and O–H groups in total. The van der Waals surface area contributed by atoms with Gasteiger partial charge in [-0.25, -0.2) is 4.98 Å². The lowest BCUT2D eigenvalue weighted by atomic mass is 9.79. The van der Waals surface area contributed by atoms with E-state index in [0.29, 0.717) is 5.71 Å². The third-order valence-electron chi connectivity index (χ3n) is 8.89. The van der Waals surface area contributed by atoms with Crippen LogP contribution in [0.1, 0.15) is 66.0 Å². The maximum absolute atomic E-state index is 6.56. The fourth-order valence-electron chi connectivity index (χ4n) is 6.96. The summed E-state index contributed by atoms with van der Waals surface area (Å²) >= 11 is 0. The van der Waals surface area contributed by atoms with Crippen LogP contribution in [0.3, 0.4) is 0 Å². The van der Waals surface area contributed by atoms with E-state index in [1.807, 2.05) is 12.2 Å². The zero-order valence-electron chi connectivity index (χ0n) is 22.3. The molecule has 2 unspecified atom stereocenters. The van der Waals surface area contributed by atoms with Crippen LogP contribution < -0.4 is 0 Å². The van der Waals surface area contributed by atoms with Gasteiger partial charge in [-0.2, -0.15) is 0 Å². The van der Waals surface area contributed by atoms with Crippen molar-refractivity contribution in [2.75, 3.05) is 0 Å². The number of hydrogen-bond acceptors (Lipinski definition) is 4. The lowest BCUT2D eigenvalue weighted by Crippen LogP contribution is -2.27. The number of benzene rings is 2. The zero-order valence-corrected chi connectivity index (χ0v) is 22.3. The summed E-state index contributed by atoms with van der Waals surface area (Å²) in [6, 6.07) is 17.2. The molecule has 1 fully saturated rings. The molecule has 7 rings (SSSR count). The van der Waals surface area contributed by atoms with Crippen LogP contribution in [-0.4, -0.2) is 22.4 Å². The molecule has 2 aromatic carbocycles. The van der Waals surface area contributed by atoms with Crippen LogP contribution in [0.15, 0.2) is 101 Å². The summed E-state index contributed by atoms with van der Waals surface area (Å²) in [6.07, 6.45) is 11.8. The Morgan fingerprint density at radius 3 is 2.51 bits per heavy atom. The Morgan fingerprint density at radius 2 is 1.69 bits per heavy atom. The Hall–Kier alpha value is -4.05. The molecular formula is C35H33N3O.